The fourth-order valence-electron chi connectivity index (χ4n) is 5.33. The summed E-state index contributed by atoms with van der Waals surface area (Å²) < 4.78 is 26.9. The highest BCUT2D eigenvalue weighted by atomic mass is 31.2. The highest BCUT2D eigenvalue weighted by molar-refractivity contribution is 7.46. The number of hydrogen-bond donors (Lipinski definition) is 2. The summed E-state index contributed by atoms with van der Waals surface area (Å²) in [7, 11) is -4.66. The molecule has 0 radical (unpaired) electrons. The summed E-state index contributed by atoms with van der Waals surface area (Å²) in [5.74, 6) is -0.398. The Balaban J connectivity index is 3.88. The molecule has 0 aromatic rings. The summed E-state index contributed by atoms with van der Waals surface area (Å²) >= 11 is 0. The molecular formula is C39H73O7P. The minimum absolute atomic E-state index is 0.0649. The second kappa shape index (κ2) is 36.1. The summed E-state index contributed by atoms with van der Waals surface area (Å²) in [6.07, 6.45) is 42.8. The molecule has 1 atom stereocenters. The van der Waals surface area contributed by atoms with Crippen LogP contribution in [0.4, 0.5) is 0 Å². The van der Waals surface area contributed by atoms with Crippen LogP contribution in [-0.4, -0.2) is 41.7 Å². The number of unbranched alkanes of at least 4 members (excludes halogenated alkanes) is 20. The summed E-state index contributed by atoms with van der Waals surface area (Å²) in [6, 6.07) is 0. The molecule has 276 valence electrons. The quantitative estimate of drug-likeness (QED) is 0.0293. The number of hydrogen-bond acceptors (Lipinski definition) is 5. The Morgan fingerprint density at radius 1 is 0.574 bits per heavy atom. The van der Waals surface area contributed by atoms with E-state index in [4.69, 9.17) is 19.3 Å². The van der Waals surface area contributed by atoms with Gasteiger partial charge in [-0.05, 0) is 51.4 Å². The first-order chi connectivity index (χ1) is 22.9. The van der Waals surface area contributed by atoms with Crippen LogP contribution in [0.1, 0.15) is 181 Å². The number of allylic oxidation sites excluding steroid dienone is 6. The van der Waals surface area contributed by atoms with Crippen LogP contribution in [0.3, 0.4) is 0 Å². The van der Waals surface area contributed by atoms with E-state index < -0.39 is 19.9 Å². The molecule has 0 aliphatic rings. The summed E-state index contributed by atoms with van der Waals surface area (Å²) in [5, 5.41) is 0. The van der Waals surface area contributed by atoms with Crippen molar-refractivity contribution < 1.29 is 33.1 Å². The lowest BCUT2D eigenvalue weighted by Crippen LogP contribution is -2.28. The molecule has 0 aromatic heterocycles. The number of phosphoric ester groups is 1. The molecule has 2 N–H and O–H groups in total. The number of phosphoric acid groups is 1. The van der Waals surface area contributed by atoms with E-state index in [1.54, 1.807) is 0 Å². The largest absolute Gasteiger partial charge is 0.469 e. The lowest BCUT2D eigenvalue weighted by molar-refractivity contribution is -0.154. The molecule has 0 fully saturated rings. The highest BCUT2D eigenvalue weighted by Crippen LogP contribution is 2.35. The van der Waals surface area contributed by atoms with E-state index in [2.05, 4.69) is 54.8 Å². The number of esters is 1. The Kier molecular flexibility index (Phi) is 35.1. The predicted octanol–water partition coefficient (Wildman–Crippen LogP) is 11.9. The molecule has 0 unspecified atom stereocenters. The Morgan fingerprint density at radius 3 is 1.49 bits per heavy atom. The lowest BCUT2D eigenvalue weighted by Gasteiger charge is -2.18. The average Bonchev–Trinajstić information content (AvgIpc) is 3.04. The Bertz CT molecular complexity index is 805. The van der Waals surface area contributed by atoms with E-state index in [1.165, 1.54) is 116 Å². The molecule has 47 heavy (non-hydrogen) atoms. The van der Waals surface area contributed by atoms with Crippen molar-refractivity contribution in [3.8, 4) is 0 Å². The van der Waals surface area contributed by atoms with Crippen molar-refractivity contribution in [2.45, 2.75) is 187 Å². The van der Waals surface area contributed by atoms with Gasteiger partial charge in [-0.25, -0.2) is 4.57 Å². The van der Waals surface area contributed by atoms with E-state index in [0.29, 0.717) is 13.0 Å². The van der Waals surface area contributed by atoms with Gasteiger partial charge in [-0.2, -0.15) is 0 Å². The van der Waals surface area contributed by atoms with Gasteiger partial charge in [-0.1, -0.05) is 159 Å². The standard InChI is InChI=1S/C39H73O7P/c1-3-5-7-9-11-13-15-17-19-21-23-25-27-29-31-33-35-44-36-38(37-45-47(41,42)43)46-39(40)34-32-30-28-26-24-22-20-18-16-14-12-10-8-6-4-2/h12,14,18,20,24,26,38H,3-11,13,15-17,19,21-23,25,27-37H2,1-2H3,(H2,41,42,43)/b14-12-,20-18-,26-24-/t38-/m1/s1. The van der Waals surface area contributed by atoms with E-state index >= 15 is 0 Å². The zero-order valence-corrected chi connectivity index (χ0v) is 31.3. The third-order valence-corrected chi connectivity index (χ3v) is 8.68. The number of carbonyl (C=O) groups excluding carboxylic acids is 1. The van der Waals surface area contributed by atoms with Crippen molar-refractivity contribution in [2.75, 3.05) is 19.8 Å². The molecule has 0 spiro atoms. The normalized spacial score (nSPS) is 13.0. The zero-order valence-electron chi connectivity index (χ0n) is 30.4. The maximum atomic E-state index is 12.3. The van der Waals surface area contributed by atoms with Crippen LogP contribution in [-0.2, 0) is 23.4 Å². The fraction of sp³-hybridized carbons (Fsp3) is 0.821. The Labute approximate surface area is 289 Å². The summed E-state index contributed by atoms with van der Waals surface area (Å²) in [6.45, 7) is 4.69. The summed E-state index contributed by atoms with van der Waals surface area (Å²) in [4.78, 5) is 30.5. The third kappa shape index (κ3) is 39.1. The lowest BCUT2D eigenvalue weighted by atomic mass is 10.0. The smallest absolute Gasteiger partial charge is 0.457 e. The first-order valence-electron chi connectivity index (χ1n) is 19.3. The highest BCUT2D eigenvalue weighted by Gasteiger charge is 2.21. The molecule has 0 aromatic carbocycles. The van der Waals surface area contributed by atoms with E-state index in [9.17, 15) is 9.36 Å². The number of carbonyl (C=O) groups is 1. The molecule has 0 aliphatic heterocycles. The van der Waals surface area contributed by atoms with Gasteiger partial charge in [-0.15, -0.1) is 0 Å². The fourth-order valence-corrected chi connectivity index (χ4v) is 5.69. The Morgan fingerprint density at radius 2 is 1.00 bits per heavy atom. The van der Waals surface area contributed by atoms with Crippen molar-refractivity contribution in [3.05, 3.63) is 36.5 Å². The molecule has 0 heterocycles. The third-order valence-electron chi connectivity index (χ3n) is 8.19. The average molecular weight is 685 g/mol. The molecule has 0 aliphatic carbocycles. The Hall–Kier alpha value is -1.24. The van der Waals surface area contributed by atoms with Crippen LogP contribution < -0.4 is 0 Å². The molecule has 8 heteroatoms. The van der Waals surface area contributed by atoms with Gasteiger partial charge in [0, 0.05) is 13.0 Å². The molecule has 0 bridgehead atoms. The van der Waals surface area contributed by atoms with Gasteiger partial charge in [0.05, 0.1) is 13.2 Å². The second-order valence-electron chi connectivity index (χ2n) is 12.9. The first-order valence-corrected chi connectivity index (χ1v) is 20.8. The maximum Gasteiger partial charge on any atom is 0.469 e. The maximum absolute atomic E-state index is 12.3. The molecule has 0 saturated heterocycles. The van der Waals surface area contributed by atoms with Gasteiger partial charge < -0.3 is 19.3 Å². The van der Waals surface area contributed by atoms with Crippen molar-refractivity contribution in [2.24, 2.45) is 0 Å². The minimum atomic E-state index is -4.66. The van der Waals surface area contributed by atoms with Crippen molar-refractivity contribution >= 4 is 13.8 Å². The molecule has 0 amide bonds. The molecular weight excluding hydrogens is 611 g/mol. The van der Waals surface area contributed by atoms with Gasteiger partial charge >= 0.3 is 13.8 Å². The van der Waals surface area contributed by atoms with E-state index in [-0.39, 0.29) is 19.6 Å². The van der Waals surface area contributed by atoms with Gasteiger partial charge in [0.25, 0.3) is 0 Å². The topological polar surface area (TPSA) is 102 Å². The molecule has 7 nitrogen and oxygen atoms in total. The number of rotatable bonds is 36. The zero-order chi connectivity index (χ0) is 34.5. The molecule has 0 rings (SSSR count). The first kappa shape index (κ1) is 45.8. The van der Waals surface area contributed by atoms with Crippen LogP contribution in [0.2, 0.25) is 0 Å². The number of ether oxygens (including phenoxy) is 2. The van der Waals surface area contributed by atoms with Crippen molar-refractivity contribution in [1.29, 1.82) is 0 Å². The van der Waals surface area contributed by atoms with Crippen molar-refractivity contribution in [3.63, 3.8) is 0 Å². The van der Waals surface area contributed by atoms with Crippen LogP contribution in [0, 0.1) is 0 Å². The van der Waals surface area contributed by atoms with Gasteiger partial charge in [0.1, 0.15) is 6.10 Å². The minimum Gasteiger partial charge on any atom is -0.457 e. The van der Waals surface area contributed by atoms with Crippen LogP contribution in [0.5, 0.6) is 0 Å². The van der Waals surface area contributed by atoms with Gasteiger partial charge in [0.15, 0.2) is 0 Å². The predicted molar refractivity (Wildman–Crippen MR) is 198 cm³/mol. The van der Waals surface area contributed by atoms with Crippen LogP contribution in [0.25, 0.3) is 0 Å². The van der Waals surface area contributed by atoms with E-state index in [1.807, 2.05) is 0 Å². The SMILES string of the molecule is CCCCC/C=C\C/C=C\C/C=C\CCCCC(=O)O[C@H](COCCCCCCCCCCCCCCCCCC)COP(=O)(O)O. The molecule has 0 saturated carbocycles. The van der Waals surface area contributed by atoms with E-state index in [0.717, 1.165) is 38.5 Å². The van der Waals surface area contributed by atoms with Crippen LogP contribution in [0.15, 0.2) is 36.5 Å². The van der Waals surface area contributed by atoms with Gasteiger partial charge in [-0.3, -0.25) is 9.32 Å². The monoisotopic (exact) mass is 685 g/mol. The van der Waals surface area contributed by atoms with Crippen molar-refractivity contribution in [1.82, 2.24) is 0 Å². The van der Waals surface area contributed by atoms with Crippen LogP contribution >= 0.6 is 7.82 Å². The van der Waals surface area contributed by atoms with Gasteiger partial charge in [0.2, 0.25) is 0 Å². The summed E-state index contributed by atoms with van der Waals surface area (Å²) in [5.41, 5.74) is 0. The second-order valence-corrected chi connectivity index (χ2v) is 14.1.